The third kappa shape index (κ3) is 1.76. The summed E-state index contributed by atoms with van der Waals surface area (Å²) in [7, 11) is 0. The fourth-order valence-electron chi connectivity index (χ4n) is 1.71. The van der Waals surface area contributed by atoms with Gasteiger partial charge < -0.3 is 20.0 Å². The van der Waals surface area contributed by atoms with E-state index >= 15 is 0 Å². The summed E-state index contributed by atoms with van der Waals surface area (Å²) in [6, 6.07) is 0. The van der Waals surface area contributed by atoms with Crippen molar-refractivity contribution in [1.82, 2.24) is 9.55 Å². The molecule has 1 aromatic heterocycles. The van der Waals surface area contributed by atoms with Gasteiger partial charge in [-0.1, -0.05) is 4.98 Å². The number of aliphatic hydroxyl groups is 1. The van der Waals surface area contributed by atoms with E-state index in [1.807, 2.05) is 0 Å². The molecule has 0 bridgehead atoms. The van der Waals surface area contributed by atoms with E-state index in [9.17, 15) is 14.5 Å². The smallest absolute Gasteiger partial charge is 0.394 e. The minimum absolute atomic E-state index is 0.0243. The van der Waals surface area contributed by atoms with Crippen molar-refractivity contribution >= 4 is 5.95 Å². The Morgan fingerprint density at radius 2 is 2.56 bits per heavy atom. The molecule has 16 heavy (non-hydrogen) atoms. The molecule has 2 rings (SSSR count). The molecular weight excluding hydrogens is 221 g/mol. The summed E-state index contributed by atoms with van der Waals surface area (Å²) in [5.41, 5.74) is 0. The predicted molar refractivity (Wildman–Crippen MR) is 49.4 cm³/mol. The van der Waals surface area contributed by atoms with E-state index in [0.717, 1.165) is 4.57 Å². The molecule has 0 aliphatic carbocycles. The second-order valence-corrected chi connectivity index (χ2v) is 3.47. The first-order chi connectivity index (χ1) is 7.63. The summed E-state index contributed by atoms with van der Waals surface area (Å²) in [5, 5.41) is 19.4. The van der Waals surface area contributed by atoms with Crippen molar-refractivity contribution in [3.8, 4) is 0 Å². The van der Waals surface area contributed by atoms with E-state index in [0.29, 0.717) is 0 Å². The molecule has 3 atom stereocenters. The van der Waals surface area contributed by atoms with E-state index in [1.165, 1.54) is 12.4 Å². The molecule has 1 saturated heterocycles. The quantitative estimate of drug-likeness (QED) is 0.601. The highest BCUT2D eigenvalue weighted by atomic mass is 19.1. The Morgan fingerprint density at radius 1 is 1.81 bits per heavy atom. The fourth-order valence-corrected chi connectivity index (χ4v) is 1.71. The number of hydrogen-bond donors (Lipinski definition) is 1. The second kappa shape index (κ2) is 4.14. The fraction of sp³-hybridized carbons (Fsp3) is 0.625. The topological polar surface area (TPSA) is 90.4 Å². The molecule has 0 unspecified atom stereocenters. The van der Waals surface area contributed by atoms with Crippen molar-refractivity contribution in [2.45, 2.75) is 24.9 Å². The predicted octanol–water partition coefficient (Wildman–Crippen LogP) is 0.409. The molecule has 2 heterocycles. The molecule has 0 amide bonds. The van der Waals surface area contributed by atoms with Crippen LogP contribution in [0.15, 0.2) is 12.4 Å². The molecule has 0 spiro atoms. The van der Waals surface area contributed by atoms with Crippen LogP contribution in [0.5, 0.6) is 0 Å². The molecule has 1 N–H and O–H groups in total. The standard InChI is InChI=1S/C8H10FN3O4/c9-6-3-5(4-13)16-7(6)11-2-1-10-8(11)12(14)15/h1-2,5-7,13H,3-4H2/t5-,6-,7+/m0/s1. The molecule has 8 heteroatoms. The molecule has 1 aliphatic heterocycles. The monoisotopic (exact) mass is 231 g/mol. The van der Waals surface area contributed by atoms with E-state index in [1.54, 1.807) is 0 Å². The van der Waals surface area contributed by atoms with Crippen molar-refractivity contribution in [3.05, 3.63) is 22.5 Å². The Balaban J connectivity index is 2.24. The summed E-state index contributed by atoms with van der Waals surface area (Å²) in [6.45, 7) is -0.306. The number of nitro groups is 1. The van der Waals surface area contributed by atoms with Crippen LogP contribution >= 0.6 is 0 Å². The largest absolute Gasteiger partial charge is 0.436 e. The van der Waals surface area contributed by atoms with Gasteiger partial charge in [0.15, 0.2) is 6.17 Å². The number of nitrogens with zero attached hydrogens (tertiary/aromatic N) is 3. The number of ether oxygens (including phenoxy) is 1. The zero-order valence-corrected chi connectivity index (χ0v) is 8.19. The van der Waals surface area contributed by atoms with Crippen LogP contribution in [0.3, 0.4) is 0 Å². The summed E-state index contributed by atoms with van der Waals surface area (Å²) in [5.74, 6) is -0.466. The number of imidazole rings is 1. The lowest BCUT2D eigenvalue weighted by molar-refractivity contribution is -0.398. The Hall–Kier alpha value is -1.54. The average Bonchev–Trinajstić information content (AvgIpc) is 2.82. The summed E-state index contributed by atoms with van der Waals surface area (Å²) >= 11 is 0. The molecule has 0 aromatic carbocycles. The number of hydrogen-bond acceptors (Lipinski definition) is 5. The number of rotatable bonds is 3. The van der Waals surface area contributed by atoms with Crippen molar-refractivity contribution < 1.29 is 19.2 Å². The maximum Gasteiger partial charge on any atom is 0.436 e. The highest BCUT2D eigenvalue weighted by Gasteiger charge is 2.40. The maximum absolute atomic E-state index is 13.5. The third-order valence-electron chi connectivity index (χ3n) is 2.42. The Labute approximate surface area is 89.6 Å². The van der Waals surface area contributed by atoms with Crippen LogP contribution in [0.1, 0.15) is 12.6 Å². The van der Waals surface area contributed by atoms with Gasteiger partial charge >= 0.3 is 5.95 Å². The van der Waals surface area contributed by atoms with Crippen molar-refractivity contribution in [3.63, 3.8) is 0 Å². The van der Waals surface area contributed by atoms with Gasteiger partial charge in [0.2, 0.25) is 6.23 Å². The normalized spacial score (nSPS) is 29.5. The van der Waals surface area contributed by atoms with Crippen LogP contribution in [-0.4, -0.2) is 38.5 Å². The van der Waals surface area contributed by atoms with Gasteiger partial charge in [-0.15, -0.1) is 0 Å². The molecule has 7 nitrogen and oxygen atoms in total. The van der Waals surface area contributed by atoms with Crippen molar-refractivity contribution in [2.75, 3.05) is 6.61 Å². The third-order valence-corrected chi connectivity index (χ3v) is 2.42. The van der Waals surface area contributed by atoms with Gasteiger partial charge in [-0.05, 0) is 4.92 Å². The summed E-state index contributed by atoms with van der Waals surface area (Å²) in [4.78, 5) is 13.4. The van der Waals surface area contributed by atoms with Crippen LogP contribution < -0.4 is 0 Å². The summed E-state index contributed by atoms with van der Waals surface area (Å²) in [6.07, 6.45) is -0.571. The van der Waals surface area contributed by atoms with Gasteiger partial charge in [0.1, 0.15) is 12.4 Å². The van der Waals surface area contributed by atoms with Gasteiger partial charge in [0.05, 0.1) is 12.7 Å². The molecule has 0 saturated carbocycles. The van der Waals surface area contributed by atoms with Crippen LogP contribution in [0.4, 0.5) is 10.3 Å². The molecular formula is C8H10FN3O4. The summed E-state index contributed by atoms with van der Waals surface area (Å²) < 4.78 is 19.7. The lowest BCUT2D eigenvalue weighted by Crippen LogP contribution is -2.18. The minimum atomic E-state index is -1.38. The molecule has 1 aromatic rings. The first-order valence-corrected chi connectivity index (χ1v) is 4.71. The number of aromatic nitrogens is 2. The van der Waals surface area contributed by atoms with Gasteiger partial charge in [-0.2, -0.15) is 4.57 Å². The lowest BCUT2D eigenvalue weighted by atomic mass is 10.2. The Kier molecular flexibility index (Phi) is 2.84. The van der Waals surface area contributed by atoms with E-state index in [-0.39, 0.29) is 13.0 Å². The molecule has 1 aliphatic rings. The zero-order chi connectivity index (χ0) is 11.7. The Morgan fingerprint density at radius 3 is 3.12 bits per heavy atom. The van der Waals surface area contributed by atoms with Crippen molar-refractivity contribution in [2.24, 2.45) is 0 Å². The van der Waals surface area contributed by atoms with E-state index in [2.05, 4.69) is 4.98 Å². The zero-order valence-electron chi connectivity index (χ0n) is 8.19. The first-order valence-electron chi connectivity index (χ1n) is 4.71. The van der Waals surface area contributed by atoms with Crippen LogP contribution in [0, 0.1) is 10.1 Å². The Bertz CT molecular complexity index is 396. The average molecular weight is 231 g/mol. The molecule has 88 valence electrons. The molecule has 0 radical (unpaired) electrons. The molecule has 1 fully saturated rings. The van der Waals surface area contributed by atoms with E-state index < -0.39 is 29.4 Å². The first kappa shape index (κ1) is 11.0. The van der Waals surface area contributed by atoms with Crippen LogP contribution in [0.25, 0.3) is 0 Å². The van der Waals surface area contributed by atoms with Crippen LogP contribution in [-0.2, 0) is 4.74 Å². The van der Waals surface area contributed by atoms with Crippen LogP contribution in [0.2, 0.25) is 0 Å². The van der Waals surface area contributed by atoms with Gasteiger partial charge in [-0.25, -0.2) is 4.39 Å². The number of aliphatic hydroxyl groups excluding tert-OH is 1. The lowest BCUT2D eigenvalue weighted by Gasteiger charge is -2.12. The minimum Gasteiger partial charge on any atom is -0.394 e. The van der Waals surface area contributed by atoms with E-state index in [4.69, 9.17) is 9.84 Å². The maximum atomic E-state index is 13.5. The van der Waals surface area contributed by atoms with Gasteiger partial charge in [0.25, 0.3) is 0 Å². The van der Waals surface area contributed by atoms with Crippen molar-refractivity contribution in [1.29, 1.82) is 0 Å². The van der Waals surface area contributed by atoms with Gasteiger partial charge in [-0.3, -0.25) is 0 Å². The highest BCUT2D eigenvalue weighted by Crippen LogP contribution is 2.33. The second-order valence-electron chi connectivity index (χ2n) is 3.47. The number of halogens is 1. The SMILES string of the molecule is O=[N+]([O-])c1nccn1[C@@H]1O[C@H](CO)C[C@@H]1F. The van der Waals surface area contributed by atoms with Gasteiger partial charge in [0, 0.05) is 6.42 Å². The number of alkyl halides is 1. The highest BCUT2D eigenvalue weighted by molar-refractivity contribution is 5.09.